The molecule has 0 spiro atoms. The predicted molar refractivity (Wildman–Crippen MR) is 67.9 cm³/mol. The van der Waals surface area contributed by atoms with Crippen LogP contribution >= 0.6 is 11.8 Å². The summed E-state index contributed by atoms with van der Waals surface area (Å²) in [5, 5.41) is 3.20. The highest BCUT2D eigenvalue weighted by molar-refractivity contribution is 7.98. The van der Waals surface area contributed by atoms with Gasteiger partial charge in [0, 0.05) is 12.1 Å². The van der Waals surface area contributed by atoms with E-state index in [-0.39, 0.29) is 11.5 Å². The van der Waals surface area contributed by atoms with E-state index >= 15 is 0 Å². The molecule has 1 aromatic heterocycles. The molecule has 0 fully saturated rings. The molecule has 0 aliphatic rings. The molecule has 7 heteroatoms. The molecule has 1 heterocycles. The lowest BCUT2D eigenvalue weighted by Crippen LogP contribution is -2.01. The Labute approximate surface area is 107 Å². The van der Waals surface area contributed by atoms with E-state index in [4.69, 9.17) is 5.73 Å². The molecule has 0 amide bonds. The summed E-state index contributed by atoms with van der Waals surface area (Å²) in [5.74, 6) is -0.695. The SMILES string of the molecule is CSc1nc(N)cc(Nc2ccc(F)cc2F)n1. The number of nitrogens with zero attached hydrogens (tertiary/aromatic N) is 2. The zero-order valence-corrected chi connectivity index (χ0v) is 10.3. The van der Waals surface area contributed by atoms with Crippen molar-refractivity contribution in [3.05, 3.63) is 35.9 Å². The van der Waals surface area contributed by atoms with E-state index in [0.717, 1.165) is 12.1 Å². The van der Waals surface area contributed by atoms with Gasteiger partial charge in [-0.25, -0.2) is 18.7 Å². The molecule has 0 bridgehead atoms. The molecule has 2 aromatic rings. The van der Waals surface area contributed by atoms with Gasteiger partial charge in [0.25, 0.3) is 0 Å². The molecule has 0 aliphatic carbocycles. The Morgan fingerprint density at radius 1 is 1.22 bits per heavy atom. The number of aromatic nitrogens is 2. The maximum absolute atomic E-state index is 13.4. The number of hydrogen-bond acceptors (Lipinski definition) is 5. The van der Waals surface area contributed by atoms with Crippen molar-refractivity contribution in [3.8, 4) is 0 Å². The lowest BCUT2D eigenvalue weighted by atomic mass is 10.3. The van der Waals surface area contributed by atoms with Crippen LogP contribution in [0.25, 0.3) is 0 Å². The van der Waals surface area contributed by atoms with Gasteiger partial charge in [-0.3, -0.25) is 0 Å². The quantitative estimate of drug-likeness (QED) is 0.662. The first-order chi connectivity index (χ1) is 8.58. The number of anilines is 3. The van der Waals surface area contributed by atoms with E-state index in [1.54, 1.807) is 6.26 Å². The minimum Gasteiger partial charge on any atom is -0.383 e. The second-order valence-corrected chi connectivity index (χ2v) is 4.19. The first kappa shape index (κ1) is 12.6. The van der Waals surface area contributed by atoms with Crippen molar-refractivity contribution in [2.45, 2.75) is 5.16 Å². The minimum absolute atomic E-state index is 0.126. The van der Waals surface area contributed by atoms with Gasteiger partial charge in [0.05, 0.1) is 5.69 Å². The molecule has 4 nitrogen and oxygen atoms in total. The minimum atomic E-state index is -0.696. The Morgan fingerprint density at radius 2 is 2.00 bits per heavy atom. The third kappa shape index (κ3) is 2.86. The lowest BCUT2D eigenvalue weighted by molar-refractivity contribution is 0.586. The summed E-state index contributed by atoms with van der Waals surface area (Å²) in [5.41, 5.74) is 5.72. The molecule has 1 aromatic carbocycles. The van der Waals surface area contributed by atoms with Gasteiger partial charge in [0.15, 0.2) is 5.16 Å². The van der Waals surface area contributed by atoms with Gasteiger partial charge in [0.1, 0.15) is 23.3 Å². The van der Waals surface area contributed by atoms with Crippen LogP contribution < -0.4 is 11.1 Å². The summed E-state index contributed by atoms with van der Waals surface area (Å²) in [6.07, 6.45) is 1.80. The highest BCUT2D eigenvalue weighted by Crippen LogP contribution is 2.22. The van der Waals surface area contributed by atoms with Crippen molar-refractivity contribution in [2.75, 3.05) is 17.3 Å². The average molecular weight is 268 g/mol. The number of thioether (sulfide) groups is 1. The summed E-state index contributed by atoms with van der Waals surface area (Å²) in [6, 6.07) is 4.72. The Bertz CT molecular complexity index is 577. The van der Waals surface area contributed by atoms with E-state index in [1.165, 1.54) is 23.9 Å². The van der Waals surface area contributed by atoms with Gasteiger partial charge in [-0.15, -0.1) is 0 Å². The topological polar surface area (TPSA) is 63.8 Å². The molecule has 0 atom stereocenters. The summed E-state index contributed by atoms with van der Waals surface area (Å²) < 4.78 is 26.2. The maximum Gasteiger partial charge on any atom is 0.191 e. The predicted octanol–water partition coefficient (Wildman–Crippen LogP) is 2.80. The number of nitrogens with two attached hydrogens (primary N) is 1. The highest BCUT2D eigenvalue weighted by atomic mass is 32.2. The van der Waals surface area contributed by atoms with Crippen molar-refractivity contribution in [2.24, 2.45) is 0 Å². The van der Waals surface area contributed by atoms with Crippen LogP contribution in [-0.2, 0) is 0 Å². The third-order valence-electron chi connectivity index (χ3n) is 2.10. The lowest BCUT2D eigenvalue weighted by Gasteiger charge is -2.08. The van der Waals surface area contributed by atoms with Gasteiger partial charge in [-0.05, 0) is 18.4 Å². The van der Waals surface area contributed by atoms with Crippen LogP contribution in [-0.4, -0.2) is 16.2 Å². The van der Waals surface area contributed by atoms with Crippen LogP contribution in [0.3, 0.4) is 0 Å². The van der Waals surface area contributed by atoms with Crippen molar-refractivity contribution >= 4 is 29.1 Å². The Hall–Kier alpha value is -1.89. The fraction of sp³-hybridized carbons (Fsp3) is 0.0909. The standard InChI is InChI=1S/C11H10F2N4S/c1-18-11-16-9(14)5-10(17-11)15-8-3-2-6(12)4-7(8)13/h2-5H,1H3,(H3,14,15,16,17). The normalized spacial score (nSPS) is 10.4. The molecule has 0 unspecified atom stereocenters. The Morgan fingerprint density at radius 3 is 2.67 bits per heavy atom. The van der Waals surface area contributed by atoms with Crippen LogP contribution in [0.1, 0.15) is 0 Å². The van der Waals surface area contributed by atoms with Crippen molar-refractivity contribution in [1.82, 2.24) is 9.97 Å². The van der Waals surface area contributed by atoms with Gasteiger partial charge in [-0.2, -0.15) is 0 Å². The van der Waals surface area contributed by atoms with E-state index in [1.807, 2.05) is 0 Å². The zero-order chi connectivity index (χ0) is 13.1. The average Bonchev–Trinajstić information content (AvgIpc) is 2.32. The third-order valence-corrected chi connectivity index (χ3v) is 2.65. The number of benzene rings is 1. The molecule has 2 rings (SSSR count). The molecule has 94 valence electrons. The van der Waals surface area contributed by atoms with Gasteiger partial charge < -0.3 is 11.1 Å². The molecular weight excluding hydrogens is 258 g/mol. The van der Waals surface area contributed by atoms with E-state index in [9.17, 15) is 8.78 Å². The Balaban J connectivity index is 2.30. The summed E-state index contributed by atoms with van der Waals surface area (Å²) in [7, 11) is 0. The monoisotopic (exact) mass is 268 g/mol. The van der Waals surface area contributed by atoms with Gasteiger partial charge in [-0.1, -0.05) is 11.8 Å². The largest absolute Gasteiger partial charge is 0.383 e. The summed E-state index contributed by atoms with van der Waals surface area (Å²) >= 11 is 1.32. The van der Waals surface area contributed by atoms with Crippen LogP contribution in [0.5, 0.6) is 0 Å². The fourth-order valence-corrected chi connectivity index (χ4v) is 1.71. The van der Waals surface area contributed by atoms with E-state index in [2.05, 4.69) is 15.3 Å². The van der Waals surface area contributed by atoms with Gasteiger partial charge >= 0.3 is 0 Å². The molecule has 3 N–H and O–H groups in total. The molecule has 0 radical (unpaired) electrons. The highest BCUT2D eigenvalue weighted by Gasteiger charge is 2.06. The molecular formula is C11H10F2N4S. The molecule has 0 saturated heterocycles. The fourth-order valence-electron chi connectivity index (χ4n) is 1.33. The van der Waals surface area contributed by atoms with E-state index in [0.29, 0.717) is 11.0 Å². The number of nitrogen functional groups attached to an aromatic ring is 1. The molecule has 0 aliphatic heterocycles. The van der Waals surface area contributed by atoms with Crippen LogP contribution in [0.4, 0.5) is 26.1 Å². The first-order valence-corrected chi connectivity index (χ1v) is 6.21. The second kappa shape index (κ2) is 5.18. The maximum atomic E-state index is 13.4. The van der Waals surface area contributed by atoms with E-state index < -0.39 is 11.6 Å². The summed E-state index contributed by atoms with van der Waals surface area (Å²) in [4.78, 5) is 8.08. The number of halogens is 2. The smallest absolute Gasteiger partial charge is 0.191 e. The van der Waals surface area contributed by atoms with Crippen LogP contribution in [0, 0.1) is 11.6 Å². The number of rotatable bonds is 3. The van der Waals surface area contributed by atoms with Gasteiger partial charge in [0.2, 0.25) is 0 Å². The number of nitrogens with one attached hydrogen (secondary N) is 1. The van der Waals surface area contributed by atoms with Crippen LogP contribution in [0.2, 0.25) is 0 Å². The molecule has 0 saturated carbocycles. The van der Waals surface area contributed by atoms with Crippen LogP contribution in [0.15, 0.2) is 29.4 Å². The Kier molecular flexibility index (Phi) is 3.61. The zero-order valence-electron chi connectivity index (χ0n) is 9.45. The van der Waals surface area contributed by atoms with Crippen molar-refractivity contribution < 1.29 is 8.78 Å². The first-order valence-electron chi connectivity index (χ1n) is 4.99. The second-order valence-electron chi connectivity index (χ2n) is 3.41. The van der Waals surface area contributed by atoms with Crippen molar-refractivity contribution in [3.63, 3.8) is 0 Å². The number of hydrogen-bond donors (Lipinski definition) is 2. The van der Waals surface area contributed by atoms with Crippen molar-refractivity contribution in [1.29, 1.82) is 0 Å². The molecule has 18 heavy (non-hydrogen) atoms. The summed E-state index contributed by atoms with van der Waals surface area (Å²) in [6.45, 7) is 0.